The summed E-state index contributed by atoms with van der Waals surface area (Å²) in [5.74, 6) is 0.761. The highest BCUT2D eigenvalue weighted by molar-refractivity contribution is 7.80. The molecule has 0 amide bonds. The predicted octanol–water partition coefficient (Wildman–Crippen LogP) is 2.90. The van der Waals surface area contributed by atoms with Crippen LogP contribution in [0, 0.1) is 13.8 Å². The summed E-state index contributed by atoms with van der Waals surface area (Å²) in [6, 6.07) is 0. The zero-order valence-corrected chi connectivity index (χ0v) is 13.5. The molecule has 0 saturated heterocycles. The molecule has 0 aromatic carbocycles. The molecule has 0 saturated carbocycles. The Morgan fingerprint density at radius 1 is 1.35 bits per heavy atom. The minimum Gasteiger partial charge on any atom is -0.361 e. The Bertz CT molecular complexity index is 608. The van der Waals surface area contributed by atoms with Crippen LogP contribution in [0.3, 0.4) is 0 Å². The largest absolute Gasteiger partial charge is 0.361 e. The van der Waals surface area contributed by atoms with E-state index in [2.05, 4.69) is 46.9 Å². The number of thiophene rings is 1. The van der Waals surface area contributed by atoms with Gasteiger partial charge in [-0.2, -0.15) is 0 Å². The monoisotopic (exact) mass is 309 g/mol. The van der Waals surface area contributed by atoms with Crippen LogP contribution in [-0.2, 0) is 0 Å². The van der Waals surface area contributed by atoms with Crippen LogP contribution in [-0.4, -0.2) is 21.6 Å². The molecule has 0 aliphatic rings. The van der Waals surface area contributed by atoms with Crippen molar-refractivity contribution in [1.29, 1.82) is 0 Å². The summed E-state index contributed by atoms with van der Waals surface area (Å²) in [5.41, 5.74) is 7.25. The van der Waals surface area contributed by atoms with Gasteiger partial charge in [-0.05, 0) is 38.0 Å². The Morgan fingerprint density at radius 3 is 2.90 bits per heavy atom. The van der Waals surface area contributed by atoms with Gasteiger partial charge in [-0.25, -0.2) is 9.97 Å². The van der Waals surface area contributed by atoms with Crippen molar-refractivity contribution in [3.8, 4) is 0 Å². The minimum absolute atomic E-state index is 0.579. The summed E-state index contributed by atoms with van der Waals surface area (Å²) in [7, 11) is 0. The summed E-state index contributed by atoms with van der Waals surface area (Å²) in [6.45, 7) is 7.20. The lowest BCUT2D eigenvalue weighted by Gasteiger charge is -2.12. The maximum absolute atomic E-state index is 5.20. The lowest BCUT2D eigenvalue weighted by atomic mass is 10.2. The molecule has 3 N–H and O–H groups in total. The maximum Gasteiger partial charge on any atom is 0.185 e. The number of nitrogens with zero attached hydrogens (tertiary/aromatic N) is 2. The quantitative estimate of drug-likeness (QED) is 0.448. The second-order valence-corrected chi connectivity index (χ2v) is 6.16. The van der Waals surface area contributed by atoms with Crippen molar-refractivity contribution in [2.75, 3.05) is 12.0 Å². The fraction of sp³-hybridized carbons (Fsp3) is 0.462. The van der Waals surface area contributed by atoms with Crippen LogP contribution in [0.2, 0.25) is 0 Å². The first-order valence-corrected chi connectivity index (χ1v) is 7.86. The van der Waals surface area contributed by atoms with E-state index < -0.39 is 0 Å². The summed E-state index contributed by atoms with van der Waals surface area (Å²) in [4.78, 5) is 10.8. The Hall–Kier alpha value is -1.47. The highest BCUT2D eigenvalue weighted by Crippen LogP contribution is 2.31. The van der Waals surface area contributed by atoms with Gasteiger partial charge in [0, 0.05) is 11.4 Å². The van der Waals surface area contributed by atoms with Crippen molar-refractivity contribution in [2.45, 2.75) is 33.6 Å². The van der Waals surface area contributed by atoms with Gasteiger partial charge in [-0.15, -0.1) is 11.3 Å². The molecular weight excluding hydrogens is 290 g/mol. The third kappa shape index (κ3) is 3.34. The number of aromatic nitrogens is 2. The summed E-state index contributed by atoms with van der Waals surface area (Å²) < 4.78 is 0. The average Bonchev–Trinajstić information content (AvgIpc) is 2.73. The van der Waals surface area contributed by atoms with Crippen molar-refractivity contribution in [3.63, 3.8) is 0 Å². The van der Waals surface area contributed by atoms with Gasteiger partial charge in [0.05, 0.1) is 5.39 Å². The van der Waals surface area contributed by atoms with Crippen LogP contribution < -0.4 is 16.2 Å². The zero-order valence-electron chi connectivity index (χ0n) is 11.9. The van der Waals surface area contributed by atoms with Gasteiger partial charge in [-0.3, -0.25) is 10.9 Å². The van der Waals surface area contributed by atoms with Gasteiger partial charge in [0.25, 0.3) is 0 Å². The van der Waals surface area contributed by atoms with Crippen molar-refractivity contribution in [2.24, 2.45) is 0 Å². The van der Waals surface area contributed by atoms with E-state index in [0.717, 1.165) is 35.4 Å². The predicted molar refractivity (Wildman–Crippen MR) is 89.2 cm³/mol. The topological polar surface area (TPSA) is 61.9 Å². The normalized spacial score (nSPS) is 10.6. The van der Waals surface area contributed by atoms with E-state index in [0.29, 0.717) is 5.11 Å². The number of hydrogen-bond donors (Lipinski definition) is 3. The molecule has 0 fully saturated rings. The van der Waals surface area contributed by atoms with Crippen LogP contribution in [0.1, 0.15) is 30.2 Å². The molecule has 5 nitrogen and oxygen atoms in total. The summed E-state index contributed by atoms with van der Waals surface area (Å²) in [6.07, 6.45) is 3.81. The lowest BCUT2D eigenvalue weighted by molar-refractivity contribution is 0.748. The number of thiocarbonyl (C=S) groups is 1. The number of hydrazine groups is 1. The van der Waals surface area contributed by atoms with Crippen LogP contribution in [0.5, 0.6) is 0 Å². The Morgan fingerprint density at radius 2 is 2.15 bits per heavy atom. The lowest BCUT2D eigenvalue weighted by Crippen LogP contribution is -2.39. The van der Waals surface area contributed by atoms with Crippen LogP contribution >= 0.6 is 23.6 Å². The van der Waals surface area contributed by atoms with E-state index >= 15 is 0 Å². The van der Waals surface area contributed by atoms with Crippen molar-refractivity contribution in [1.82, 2.24) is 20.7 Å². The molecule has 0 bridgehead atoms. The minimum atomic E-state index is 0.579. The van der Waals surface area contributed by atoms with Gasteiger partial charge in [0.2, 0.25) is 0 Å². The fourth-order valence-electron chi connectivity index (χ4n) is 1.82. The van der Waals surface area contributed by atoms with Crippen LogP contribution in [0.15, 0.2) is 6.33 Å². The van der Waals surface area contributed by atoms with E-state index in [1.807, 2.05) is 0 Å². The molecular formula is C13H19N5S2. The third-order valence-corrected chi connectivity index (χ3v) is 4.44. The second-order valence-electron chi connectivity index (χ2n) is 4.55. The van der Waals surface area contributed by atoms with Gasteiger partial charge < -0.3 is 5.32 Å². The van der Waals surface area contributed by atoms with Gasteiger partial charge in [0.1, 0.15) is 11.2 Å². The summed E-state index contributed by atoms with van der Waals surface area (Å²) in [5, 5.41) is 4.77. The van der Waals surface area contributed by atoms with Gasteiger partial charge >= 0.3 is 0 Å². The Labute approximate surface area is 128 Å². The summed E-state index contributed by atoms with van der Waals surface area (Å²) >= 11 is 6.88. The van der Waals surface area contributed by atoms with Crippen molar-refractivity contribution >= 4 is 44.7 Å². The number of nitrogens with one attached hydrogen (secondary N) is 3. The van der Waals surface area contributed by atoms with E-state index in [9.17, 15) is 0 Å². The molecule has 7 heteroatoms. The van der Waals surface area contributed by atoms with E-state index in [1.165, 1.54) is 10.4 Å². The smallest absolute Gasteiger partial charge is 0.185 e. The first kappa shape index (κ1) is 14.9. The molecule has 0 radical (unpaired) electrons. The molecule has 0 aliphatic heterocycles. The first-order valence-electron chi connectivity index (χ1n) is 6.64. The average molecular weight is 309 g/mol. The van der Waals surface area contributed by atoms with Gasteiger partial charge in [-0.1, -0.05) is 13.3 Å². The number of rotatable bonds is 5. The fourth-order valence-corrected chi connectivity index (χ4v) is 2.97. The number of aryl methyl sites for hydroxylation is 2. The number of unbranched alkanes of at least 4 members (excludes halogenated alkanes) is 1. The number of fused-ring (bicyclic) bond motifs is 1. The van der Waals surface area contributed by atoms with E-state index in [4.69, 9.17) is 12.2 Å². The maximum atomic E-state index is 5.20. The second kappa shape index (κ2) is 6.81. The Kier molecular flexibility index (Phi) is 5.08. The molecule has 2 aromatic rings. The van der Waals surface area contributed by atoms with Gasteiger partial charge in [0.15, 0.2) is 10.9 Å². The molecule has 0 unspecified atom stereocenters. The van der Waals surface area contributed by atoms with Crippen LogP contribution in [0.25, 0.3) is 10.2 Å². The molecule has 2 rings (SSSR count). The Balaban J connectivity index is 2.05. The van der Waals surface area contributed by atoms with Crippen molar-refractivity contribution in [3.05, 3.63) is 16.8 Å². The SMILES string of the molecule is CCCCNC(=S)NNc1ncnc2sc(C)c(C)c12. The molecule has 20 heavy (non-hydrogen) atoms. The third-order valence-electron chi connectivity index (χ3n) is 3.08. The molecule has 108 valence electrons. The number of hydrogen-bond acceptors (Lipinski definition) is 5. The van der Waals surface area contributed by atoms with E-state index in [1.54, 1.807) is 17.7 Å². The first-order chi connectivity index (χ1) is 9.63. The van der Waals surface area contributed by atoms with Crippen molar-refractivity contribution < 1.29 is 0 Å². The van der Waals surface area contributed by atoms with Crippen LogP contribution in [0.4, 0.5) is 5.82 Å². The highest BCUT2D eigenvalue weighted by atomic mass is 32.1. The molecule has 0 spiro atoms. The molecule has 2 heterocycles. The standard InChI is InChI=1S/C13H19N5S2/c1-4-5-6-14-13(19)18-17-11-10-8(2)9(3)20-12(10)16-7-15-11/h7H,4-6H2,1-3H3,(H2,14,18,19)(H,15,16,17). The molecule has 2 aromatic heterocycles. The molecule has 0 atom stereocenters. The molecule has 0 aliphatic carbocycles. The van der Waals surface area contributed by atoms with E-state index in [-0.39, 0.29) is 0 Å². The highest BCUT2D eigenvalue weighted by Gasteiger charge is 2.11. The zero-order chi connectivity index (χ0) is 14.5. The number of anilines is 1.